The summed E-state index contributed by atoms with van der Waals surface area (Å²) in [5, 5.41) is 17.3. The lowest BCUT2D eigenvalue weighted by molar-refractivity contribution is -0.343. The highest BCUT2D eigenvalue weighted by Gasteiger charge is 2.47. The van der Waals surface area contributed by atoms with Crippen molar-refractivity contribution in [2.75, 3.05) is 18.2 Å². The third-order valence-electron chi connectivity index (χ3n) is 7.99. The second-order valence-corrected chi connectivity index (χ2v) is 12.1. The third-order valence-corrected chi connectivity index (χ3v) is 8.42. The number of hydrogen-bond donors (Lipinski definition) is 1. The van der Waals surface area contributed by atoms with E-state index in [9.17, 15) is 46.8 Å². The van der Waals surface area contributed by atoms with Crippen LogP contribution in [0.1, 0.15) is 58.5 Å². The van der Waals surface area contributed by atoms with E-state index in [1.165, 1.54) is 28.6 Å². The molecule has 0 bridgehead atoms. The zero-order valence-electron chi connectivity index (χ0n) is 25.8. The molecule has 2 heterocycles. The van der Waals surface area contributed by atoms with Crippen LogP contribution in [0.4, 0.5) is 23.4 Å². The lowest BCUT2D eigenvalue weighted by Gasteiger charge is -2.39. The Kier molecular flexibility index (Phi) is 9.93. The maximum Gasteiger partial charge on any atom is 0.416 e. The number of fused-ring (bicyclic) bond motifs is 1. The molecule has 2 amide bonds. The quantitative estimate of drug-likeness (QED) is 0.0848. The molecule has 0 saturated carbocycles. The van der Waals surface area contributed by atoms with Gasteiger partial charge in [-0.25, -0.2) is 9.07 Å². The summed E-state index contributed by atoms with van der Waals surface area (Å²) in [6.45, 7) is 2.16. The van der Waals surface area contributed by atoms with E-state index in [0.29, 0.717) is 17.3 Å². The number of alkyl halides is 3. The first kappa shape index (κ1) is 35.2. The van der Waals surface area contributed by atoms with Crippen LogP contribution in [0.25, 0.3) is 5.69 Å². The van der Waals surface area contributed by atoms with Crippen molar-refractivity contribution in [2.45, 2.75) is 38.0 Å². The first-order valence-electron chi connectivity index (χ1n) is 14.7. The number of para-hydroxylation sites is 1. The number of carbonyl (C=O) groups is 2. The number of nitrogens with one attached hydrogen (secondary N) is 1. The summed E-state index contributed by atoms with van der Waals surface area (Å²) >= 11 is 0. The summed E-state index contributed by atoms with van der Waals surface area (Å²) in [6.07, 6.45) is -2.97. The predicted molar refractivity (Wildman–Crippen MR) is 162 cm³/mol. The van der Waals surface area contributed by atoms with Gasteiger partial charge in [-0.1, -0.05) is 36.4 Å². The molecule has 4 aromatic rings. The maximum absolute atomic E-state index is 14.4. The van der Waals surface area contributed by atoms with E-state index < -0.39 is 61.9 Å². The Bertz CT molecular complexity index is 1940. The minimum Gasteiger partial charge on any atom is -0.790 e. The molecule has 12 nitrogen and oxygen atoms in total. The standard InChI is InChI=1S/C32H29F4N6O6P/c1-3-41-30-26(27(39-42(30)24-10-5-4-6-11-24)19(2)40(17-37)18-48-49(45,46)47)25(20-12-14-23(33)15-13-20)28(31(41)44)38-29(43)21-8-7-9-22(16-21)32(34,35)36/h4-16,19,25,28H,3,18H2,1-2H3,(H,38,43)(H2,45,46,47)/p-2/t19-,25+,28+/m1/s1. The fourth-order valence-corrected chi connectivity index (χ4v) is 5.95. The Hall–Kier alpha value is -5.07. The van der Waals surface area contributed by atoms with Crippen LogP contribution in [0.15, 0.2) is 78.9 Å². The third kappa shape index (κ3) is 7.35. The Morgan fingerprint density at radius 1 is 1.12 bits per heavy atom. The van der Waals surface area contributed by atoms with E-state index in [4.69, 9.17) is 5.10 Å². The van der Waals surface area contributed by atoms with E-state index >= 15 is 0 Å². The molecule has 0 saturated heterocycles. The summed E-state index contributed by atoms with van der Waals surface area (Å²) in [5.74, 6) is -3.25. The Morgan fingerprint density at radius 2 is 1.80 bits per heavy atom. The van der Waals surface area contributed by atoms with E-state index in [1.54, 1.807) is 43.4 Å². The summed E-state index contributed by atoms with van der Waals surface area (Å²) in [5.41, 5.74) is -0.347. The molecule has 256 valence electrons. The molecule has 1 N–H and O–H groups in total. The summed E-state index contributed by atoms with van der Waals surface area (Å²) in [4.78, 5) is 52.6. The van der Waals surface area contributed by atoms with Crippen molar-refractivity contribution in [3.8, 4) is 11.9 Å². The summed E-state index contributed by atoms with van der Waals surface area (Å²) in [7, 11) is -5.51. The van der Waals surface area contributed by atoms with Gasteiger partial charge in [0.05, 0.1) is 30.8 Å². The van der Waals surface area contributed by atoms with Crippen LogP contribution in [0.5, 0.6) is 0 Å². The Balaban J connectivity index is 1.74. The van der Waals surface area contributed by atoms with Gasteiger partial charge < -0.3 is 24.2 Å². The number of aromatic nitrogens is 2. The van der Waals surface area contributed by atoms with Crippen molar-refractivity contribution in [1.82, 2.24) is 20.0 Å². The largest absolute Gasteiger partial charge is 0.790 e. The van der Waals surface area contributed by atoms with E-state index in [-0.39, 0.29) is 29.2 Å². The van der Waals surface area contributed by atoms with E-state index in [0.717, 1.165) is 35.2 Å². The second-order valence-electron chi connectivity index (χ2n) is 11.0. The van der Waals surface area contributed by atoms with Gasteiger partial charge in [0.2, 0.25) is 0 Å². The molecule has 0 unspecified atom stereocenters. The smallest absolute Gasteiger partial charge is 0.416 e. The predicted octanol–water partition coefficient (Wildman–Crippen LogP) is 3.97. The van der Waals surface area contributed by atoms with Crippen molar-refractivity contribution in [2.24, 2.45) is 0 Å². The normalized spacial score (nSPS) is 16.9. The molecule has 3 aromatic carbocycles. The van der Waals surface area contributed by atoms with Crippen LogP contribution in [0.2, 0.25) is 0 Å². The van der Waals surface area contributed by atoms with Gasteiger partial charge in [0.1, 0.15) is 24.4 Å². The number of anilines is 1. The zero-order valence-corrected chi connectivity index (χ0v) is 26.7. The van der Waals surface area contributed by atoms with E-state index in [2.05, 4.69) is 9.84 Å². The topological polar surface area (TPSA) is 167 Å². The summed E-state index contributed by atoms with van der Waals surface area (Å²) < 4.78 is 71.7. The molecule has 17 heteroatoms. The van der Waals surface area contributed by atoms with Crippen LogP contribution in [-0.4, -0.2) is 45.8 Å². The molecular weight excluding hydrogens is 671 g/mol. The molecule has 0 fully saturated rings. The number of carbonyl (C=O) groups excluding carboxylic acids is 2. The number of phosphoric ester groups is 1. The van der Waals surface area contributed by atoms with Gasteiger partial charge in [-0.3, -0.25) is 19.4 Å². The Labute approximate surface area is 277 Å². The van der Waals surface area contributed by atoms with Crippen molar-refractivity contribution >= 4 is 25.5 Å². The molecule has 1 aliphatic heterocycles. The minimum atomic E-state index is -5.51. The molecule has 1 aliphatic rings. The second kappa shape index (κ2) is 13.8. The molecular formula is C32H27F4N6O6P-2. The highest BCUT2D eigenvalue weighted by molar-refractivity contribution is 7.43. The molecule has 5 rings (SSSR count). The van der Waals surface area contributed by atoms with Crippen LogP contribution < -0.4 is 20.0 Å². The highest BCUT2D eigenvalue weighted by Crippen LogP contribution is 2.46. The van der Waals surface area contributed by atoms with Gasteiger partial charge >= 0.3 is 6.18 Å². The number of rotatable bonds is 10. The number of nitriles is 1. The van der Waals surface area contributed by atoms with Gasteiger partial charge in [-0.05, 0) is 61.9 Å². The fraction of sp³-hybridized carbons (Fsp3) is 0.250. The molecule has 0 radical (unpaired) electrons. The number of nitrogens with zero attached hydrogens (tertiary/aromatic N) is 5. The van der Waals surface area contributed by atoms with Gasteiger partial charge in [0, 0.05) is 23.6 Å². The maximum atomic E-state index is 14.4. The van der Waals surface area contributed by atoms with Crippen molar-refractivity contribution in [1.29, 1.82) is 5.26 Å². The van der Waals surface area contributed by atoms with Gasteiger partial charge in [-0.15, -0.1) is 0 Å². The number of amides is 2. The molecule has 1 aromatic heterocycles. The average Bonchev–Trinajstić information content (AvgIpc) is 3.45. The summed E-state index contributed by atoms with van der Waals surface area (Å²) in [6, 6.07) is 14.5. The van der Waals surface area contributed by atoms with Crippen LogP contribution >= 0.6 is 7.82 Å². The van der Waals surface area contributed by atoms with Crippen molar-refractivity contribution in [3.05, 3.63) is 113 Å². The number of hydrogen-bond acceptors (Lipinski definition) is 9. The van der Waals surface area contributed by atoms with Crippen LogP contribution in [0, 0.1) is 17.3 Å². The minimum absolute atomic E-state index is 0.0187. The first-order valence-corrected chi connectivity index (χ1v) is 16.2. The number of likely N-dealkylation sites (N-methyl/N-ethyl adjacent to an activating group) is 1. The number of phosphoric acid groups is 1. The van der Waals surface area contributed by atoms with Crippen molar-refractivity contribution < 1.29 is 46.0 Å². The first-order chi connectivity index (χ1) is 23.1. The average molecular weight is 699 g/mol. The molecule has 49 heavy (non-hydrogen) atoms. The zero-order chi connectivity index (χ0) is 35.7. The monoisotopic (exact) mass is 698 g/mol. The van der Waals surface area contributed by atoms with Crippen LogP contribution in [-0.2, 0) is 20.1 Å². The van der Waals surface area contributed by atoms with Gasteiger partial charge in [0.15, 0.2) is 6.19 Å². The van der Waals surface area contributed by atoms with Gasteiger partial charge in [-0.2, -0.15) is 23.5 Å². The highest BCUT2D eigenvalue weighted by atomic mass is 31.2. The van der Waals surface area contributed by atoms with Crippen molar-refractivity contribution in [3.63, 3.8) is 0 Å². The number of halogens is 4. The Morgan fingerprint density at radius 3 is 2.39 bits per heavy atom. The van der Waals surface area contributed by atoms with Gasteiger partial charge in [0.25, 0.3) is 11.8 Å². The fourth-order valence-electron chi connectivity index (χ4n) is 5.68. The SMILES string of the molecule is CCN1C(=O)[C@@H](NC(=O)c2cccc(C(F)(F)F)c2)[C@@H](c2ccc(F)cc2)c2c([C@@H](C)N(C#N)COP(=O)([O-])[O-])nn(-c3ccccc3)c21. The lowest BCUT2D eigenvalue weighted by Crippen LogP contribution is -2.55. The lowest BCUT2D eigenvalue weighted by atomic mass is 9.80. The van der Waals surface area contributed by atoms with Crippen LogP contribution in [0.3, 0.4) is 0 Å². The molecule has 0 aliphatic carbocycles. The number of benzene rings is 3. The van der Waals surface area contributed by atoms with E-state index in [1.807, 2.05) is 0 Å². The molecule has 3 atom stereocenters. The molecule has 0 spiro atoms.